The molecule has 0 fully saturated rings. The van der Waals surface area contributed by atoms with Gasteiger partial charge < -0.3 is 11.1 Å². The summed E-state index contributed by atoms with van der Waals surface area (Å²) in [6.07, 6.45) is 0. The van der Waals surface area contributed by atoms with E-state index >= 15 is 0 Å². The quantitative estimate of drug-likeness (QED) is 0.653. The van der Waals surface area contributed by atoms with Gasteiger partial charge in [-0.25, -0.2) is 0 Å². The first kappa shape index (κ1) is 14.9. The molecule has 0 saturated heterocycles. The van der Waals surface area contributed by atoms with E-state index in [0.29, 0.717) is 0 Å². The van der Waals surface area contributed by atoms with E-state index < -0.39 is 0 Å². The van der Waals surface area contributed by atoms with Crippen LogP contribution in [0.15, 0.2) is 23.1 Å². The second-order valence-electron chi connectivity index (χ2n) is 5.54. The maximum absolute atomic E-state index is 12.0. The number of nitrogens with two attached hydrogens (primary N) is 1. The van der Waals surface area contributed by atoms with Crippen molar-refractivity contribution >= 4 is 23.4 Å². The van der Waals surface area contributed by atoms with Crippen LogP contribution in [0.5, 0.6) is 0 Å². The summed E-state index contributed by atoms with van der Waals surface area (Å²) >= 11 is 1.49. The predicted molar refractivity (Wildman–Crippen MR) is 78.8 cm³/mol. The van der Waals surface area contributed by atoms with Crippen LogP contribution < -0.4 is 11.1 Å². The van der Waals surface area contributed by atoms with Crippen molar-refractivity contribution in [3.63, 3.8) is 0 Å². The third kappa shape index (κ3) is 4.61. The molecule has 0 aliphatic carbocycles. The van der Waals surface area contributed by atoms with Crippen molar-refractivity contribution in [2.75, 3.05) is 5.73 Å². The molecular weight excluding hydrogens is 244 g/mol. The molecule has 1 amide bonds. The maximum Gasteiger partial charge on any atom is 0.233 e. The van der Waals surface area contributed by atoms with E-state index in [9.17, 15) is 4.79 Å². The van der Waals surface area contributed by atoms with Gasteiger partial charge in [0.25, 0.3) is 0 Å². The number of hydrogen-bond acceptors (Lipinski definition) is 3. The van der Waals surface area contributed by atoms with Crippen molar-refractivity contribution in [3.05, 3.63) is 23.8 Å². The Hall–Kier alpha value is -1.16. The Balaban J connectivity index is 2.69. The van der Waals surface area contributed by atoms with Crippen LogP contribution in [0.1, 0.15) is 33.3 Å². The normalized spacial score (nSPS) is 13.2. The molecule has 0 radical (unpaired) electrons. The average molecular weight is 266 g/mol. The lowest BCUT2D eigenvalue weighted by Crippen LogP contribution is -2.44. The molecule has 0 aromatic heterocycles. The van der Waals surface area contributed by atoms with Crippen LogP contribution in [0.2, 0.25) is 0 Å². The summed E-state index contributed by atoms with van der Waals surface area (Å²) in [6, 6.07) is 5.90. The van der Waals surface area contributed by atoms with Gasteiger partial charge in [0.15, 0.2) is 0 Å². The lowest BCUT2D eigenvalue weighted by atomic mass is 10.1. The van der Waals surface area contributed by atoms with Gasteiger partial charge in [0.1, 0.15) is 0 Å². The molecular formula is C14H22N2OS. The number of nitrogens with one attached hydrogen (secondary N) is 1. The molecule has 0 spiro atoms. The fourth-order valence-electron chi connectivity index (χ4n) is 1.49. The fraction of sp³-hybridized carbons (Fsp3) is 0.500. The minimum Gasteiger partial charge on any atom is -0.398 e. The number of rotatable bonds is 3. The van der Waals surface area contributed by atoms with Crippen LogP contribution in [0.25, 0.3) is 0 Å². The third-order valence-electron chi connectivity index (χ3n) is 2.34. The lowest BCUT2D eigenvalue weighted by Gasteiger charge is -2.23. The number of aryl methyl sites for hydroxylation is 1. The number of benzene rings is 1. The number of anilines is 1. The highest BCUT2D eigenvalue weighted by Crippen LogP contribution is 2.29. The van der Waals surface area contributed by atoms with E-state index in [1.165, 1.54) is 11.8 Å². The van der Waals surface area contributed by atoms with Gasteiger partial charge in [-0.2, -0.15) is 0 Å². The van der Waals surface area contributed by atoms with Crippen molar-refractivity contribution in [1.82, 2.24) is 5.32 Å². The van der Waals surface area contributed by atoms with Gasteiger partial charge in [0.2, 0.25) is 5.91 Å². The Morgan fingerprint density at radius 3 is 2.50 bits per heavy atom. The first-order chi connectivity index (χ1) is 8.19. The average Bonchev–Trinajstić information content (AvgIpc) is 2.19. The van der Waals surface area contributed by atoms with Crippen LogP contribution in [-0.2, 0) is 4.79 Å². The molecule has 0 aliphatic rings. The van der Waals surface area contributed by atoms with Crippen LogP contribution in [0.4, 0.5) is 5.69 Å². The first-order valence-corrected chi connectivity index (χ1v) is 6.92. The standard InChI is InChI=1S/C14H22N2OS/c1-9-6-7-12(11(15)8-9)18-10(2)13(17)16-14(3,4)5/h6-8,10H,15H2,1-5H3,(H,16,17). The van der Waals surface area contributed by atoms with Gasteiger partial charge in [-0.1, -0.05) is 6.07 Å². The Morgan fingerprint density at radius 2 is 2.00 bits per heavy atom. The summed E-state index contributed by atoms with van der Waals surface area (Å²) in [4.78, 5) is 12.9. The third-order valence-corrected chi connectivity index (χ3v) is 3.53. The SMILES string of the molecule is Cc1ccc(SC(C)C(=O)NC(C)(C)C)c(N)c1. The fourth-order valence-corrected chi connectivity index (χ4v) is 2.38. The van der Waals surface area contributed by atoms with Gasteiger partial charge in [-0.3, -0.25) is 4.79 Å². The van der Waals surface area contributed by atoms with Crippen molar-refractivity contribution < 1.29 is 4.79 Å². The van der Waals surface area contributed by atoms with Gasteiger partial charge in [0.05, 0.1) is 5.25 Å². The van der Waals surface area contributed by atoms with Crippen molar-refractivity contribution in [1.29, 1.82) is 0 Å². The van der Waals surface area contributed by atoms with E-state index in [4.69, 9.17) is 5.73 Å². The molecule has 3 nitrogen and oxygen atoms in total. The van der Waals surface area contributed by atoms with E-state index in [1.54, 1.807) is 0 Å². The van der Waals surface area contributed by atoms with Gasteiger partial charge in [0, 0.05) is 16.1 Å². The van der Waals surface area contributed by atoms with E-state index in [-0.39, 0.29) is 16.7 Å². The molecule has 100 valence electrons. The van der Waals surface area contributed by atoms with Crippen molar-refractivity contribution in [2.24, 2.45) is 0 Å². The van der Waals surface area contributed by atoms with Crippen LogP contribution in [-0.4, -0.2) is 16.7 Å². The lowest BCUT2D eigenvalue weighted by molar-refractivity contribution is -0.121. The largest absolute Gasteiger partial charge is 0.398 e. The Kier molecular flexibility index (Phi) is 4.68. The zero-order valence-electron chi connectivity index (χ0n) is 11.7. The Labute approximate surface area is 114 Å². The van der Waals surface area contributed by atoms with Gasteiger partial charge in [-0.15, -0.1) is 11.8 Å². The highest BCUT2D eigenvalue weighted by molar-refractivity contribution is 8.00. The second-order valence-corrected chi connectivity index (χ2v) is 6.92. The molecule has 1 unspecified atom stereocenters. The van der Waals surface area contributed by atoms with E-state index in [0.717, 1.165) is 16.1 Å². The highest BCUT2D eigenvalue weighted by Gasteiger charge is 2.20. The number of carbonyl (C=O) groups is 1. The number of amides is 1. The number of thioether (sulfide) groups is 1. The summed E-state index contributed by atoms with van der Waals surface area (Å²) in [6.45, 7) is 9.82. The smallest absolute Gasteiger partial charge is 0.233 e. The predicted octanol–water partition coefficient (Wildman–Crippen LogP) is 2.97. The maximum atomic E-state index is 12.0. The molecule has 1 aromatic carbocycles. The zero-order chi connectivity index (χ0) is 13.9. The summed E-state index contributed by atoms with van der Waals surface area (Å²) in [5.74, 6) is 0.0347. The molecule has 0 bridgehead atoms. The second kappa shape index (κ2) is 5.65. The van der Waals surface area contributed by atoms with Gasteiger partial charge >= 0.3 is 0 Å². The first-order valence-electron chi connectivity index (χ1n) is 6.04. The summed E-state index contributed by atoms with van der Waals surface area (Å²) in [7, 11) is 0. The van der Waals surface area contributed by atoms with Crippen molar-refractivity contribution in [2.45, 2.75) is 50.3 Å². The molecule has 0 heterocycles. The monoisotopic (exact) mass is 266 g/mol. The molecule has 0 aliphatic heterocycles. The van der Waals surface area contributed by atoms with Crippen molar-refractivity contribution in [3.8, 4) is 0 Å². The summed E-state index contributed by atoms with van der Waals surface area (Å²) in [5, 5.41) is 2.81. The Morgan fingerprint density at radius 1 is 1.39 bits per heavy atom. The minimum atomic E-state index is -0.204. The van der Waals surface area contributed by atoms with E-state index in [1.807, 2.05) is 52.8 Å². The molecule has 4 heteroatoms. The van der Waals surface area contributed by atoms with Crippen LogP contribution in [0, 0.1) is 6.92 Å². The topological polar surface area (TPSA) is 55.1 Å². The van der Waals surface area contributed by atoms with E-state index in [2.05, 4.69) is 5.32 Å². The molecule has 1 rings (SSSR count). The van der Waals surface area contributed by atoms with Crippen LogP contribution >= 0.6 is 11.8 Å². The number of nitrogen functional groups attached to an aromatic ring is 1. The minimum absolute atomic E-state index is 0.0347. The Bertz CT molecular complexity index is 438. The zero-order valence-corrected chi connectivity index (χ0v) is 12.5. The molecule has 0 saturated carbocycles. The summed E-state index contributed by atoms with van der Waals surface area (Å²) < 4.78 is 0. The van der Waals surface area contributed by atoms with Crippen LogP contribution in [0.3, 0.4) is 0 Å². The molecule has 1 atom stereocenters. The van der Waals surface area contributed by atoms with Gasteiger partial charge in [-0.05, 0) is 52.3 Å². The molecule has 18 heavy (non-hydrogen) atoms. The number of hydrogen-bond donors (Lipinski definition) is 2. The molecule has 3 N–H and O–H groups in total. The molecule has 1 aromatic rings. The summed E-state index contributed by atoms with van der Waals surface area (Å²) in [5.41, 5.74) is 7.60. The highest BCUT2D eigenvalue weighted by atomic mass is 32.2. The number of carbonyl (C=O) groups excluding carboxylic acids is 1.